The molecule has 147 valence electrons. The van der Waals surface area contributed by atoms with E-state index in [4.69, 9.17) is 14.9 Å². The van der Waals surface area contributed by atoms with Crippen LogP contribution < -0.4 is 9.64 Å². The van der Waals surface area contributed by atoms with Crippen LogP contribution in [0.25, 0.3) is 11.3 Å². The van der Waals surface area contributed by atoms with Crippen LogP contribution in [0.5, 0.6) is 5.88 Å². The topological polar surface area (TPSA) is 78.7 Å². The standard InChI is InChI=1S/C14H16N3O.C5H12O2.Ir/c1-10-9-15-13(14(16-10)18-4)11-5-7-12(8-6-11)17(2)3;1-4(6)3-5(2)7;/h5,7-9H,1-4H3;4-7H,3H2,1-2H3;/q-1;;. The zero-order valence-electron chi connectivity index (χ0n) is 16.1. The Labute approximate surface area is 169 Å². The molecule has 6 nitrogen and oxygen atoms in total. The zero-order chi connectivity index (χ0) is 19.0. The van der Waals surface area contributed by atoms with Crippen molar-refractivity contribution in [3.63, 3.8) is 0 Å². The third-order valence-corrected chi connectivity index (χ3v) is 3.30. The van der Waals surface area contributed by atoms with E-state index in [9.17, 15) is 0 Å². The Morgan fingerprint density at radius 3 is 2.19 bits per heavy atom. The first-order chi connectivity index (χ1) is 11.7. The van der Waals surface area contributed by atoms with Gasteiger partial charge >= 0.3 is 0 Å². The fourth-order valence-corrected chi connectivity index (χ4v) is 2.12. The Kier molecular flexibility index (Phi) is 11.3. The normalized spacial score (nSPS) is 12.2. The molecule has 1 aromatic heterocycles. The van der Waals surface area contributed by atoms with E-state index in [0.717, 1.165) is 16.9 Å². The van der Waals surface area contributed by atoms with Gasteiger partial charge in [-0.1, -0.05) is 0 Å². The van der Waals surface area contributed by atoms with Crippen molar-refractivity contribution < 1.29 is 35.1 Å². The van der Waals surface area contributed by atoms with Crippen LogP contribution in [0.15, 0.2) is 24.4 Å². The minimum atomic E-state index is -0.375. The van der Waals surface area contributed by atoms with Crippen LogP contribution >= 0.6 is 0 Å². The average molecular weight is 539 g/mol. The van der Waals surface area contributed by atoms with E-state index in [0.29, 0.717) is 18.0 Å². The minimum absolute atomic E-state index is 0. The van der Waals surface area contributed by atoms with Crippen LogP contribution in [0.4, 0.5) is 5.69 Å². The van der Waals surface area contributed by atoms with Gasteiger partial charge in [0.15, 0.2) is 5.88 Å². The van der Waals surface area contributed by atoms with Crippen molar-refractivity contribution in [3.05, 3.63) is 36.2 Å². The minimum Gasteiger partial charge on any atom is -0.486 e. The van der Waals surface area contributed by atoms with Gasteiger partial charge in [0.25, 0.3) is 0 Å². The summed E-state index contributed by atoms with van der Waals surface area (Å²) in [6, 6.07) is 9.12. The van der Waals surface area contributed by atoms with E-state index in [-0.39, 0.29) is 32.3 Å². The summed E-state index contributed by atoms with van der Waals surface area (Å²) in [7, 11) is 5.59. The molecule has 0 aliphatic carbocycles. The van der Waals surface area contributed by atoms with Gasteiger partial charge < -0.3 is 19.8 Å². The number of hydrogen-bond acceptors (Lipinski definition) is 6. The number of nitrogens with zero attached hydrogens (tertiary/aromatic N) is 3. The summed E-state index contributed by atoms with van der Waals surface area (Å²) in [6.07, 6.45) is 1.45. The molecule has 0 spiro atoms. The van der Waals surface area contributed by atoms with Gasteiger partial charge in [0, 0.05) is 32.0 Å². The van der Waals surface area contributed by atoms with Crippen molar-refractivity contribution in [2.75, 3.05) is 26.1 Å². The molecule has 0 aliphatic rings. The molecule has 0 amide bonds. The Morgan fingerprint density at radius 2 is 1.81 bits per heavy atom. The molecule has 1 heterocycles. The van der Waals surface area contributed by atoms with Gasteiger partial charge in [0.05, 0.1) is 25.0 Å². The Bertz CT molecular complexity index is 641. The average Bonchev–Trinajstić information content (AvgIpc) is 2.54. The van der Waals surface area contributed by atoms with Crippen LogP contribution in [0.1, 0.15) is 26.0 Å². The molecule has 1 radical (unpaired) electrons. The smallest absolute Gasteiger partial charge is 0.194 e. The summed E-state index contributed by atoms with van der Waals surface area (Å²) in [6.45, 7) is 5.21. The number of rotatable bonds is 5. The van der Waals surface area contributed by atoms with E-state index < -0.39 is 0 Å². The van der Waals surface area contributed by atoms with Gasteiger partial charge in [-0.15, -0.1) is 29.8 Å². The number of aryl methyl sites for hydroxylation is 1. The fraction of sp³-hybridized carbons (Fsp3) is 0.474. The second-order valence-corrected chi connectivity index (χ2v) is 6.16. The van der Waals surface area contributed by atoms with Gasteiger partial charge in [0.1, 0.15) is 0 Å². The van der Waals surface area contributed by atoms with E-state index in [1.807, 2.05) is 44.1 Å². The molecule has 2 aromatic rings. The van der Waals surface area contributed by atoms with Crippen LogP contribution in [0.2, 0.25) is 0 Å². The molecule has 0 saturated carbocycles. The van der Waals surface area contributed by atoms with E-state index >= 15 is 0 Å². The molecular weight excluding hydrogens is 510 g/mol. The SMILES string of the molecule is CC(O)CC(C)O.COc1nc(C)cnc1-c1[c-]cc(N(C)C)cc1.[Ir]. The third kappa shape index (κ3) is 8.23. The van der Waals surface area contributed by atoms with Crippen molar-refractivity contribution in [1.29, 1.82) is 0 Å². The van der Waals surface area contributed by atoms with Crippen molar-refractivity contribution in [2.45, 2.75) is 39.4 Å². The second kappa shape index (κ2) is 12.0. The number of anilines is 1. The van der Waals surface area contributed by atoms with Crippen molar-refractivity contribution in [3.8, 4) is 17.1 Å². The molecule has 0 aliphatic heterocycles. The van der Waals surface area contributed by atoms with Crippen LogP contribution in [-0.2, 0) is 20.1 Å². The number of aliphatic hydroxyl groups excluding tert-OH is 2. The fourth-order valence-electron chi connectivity index (χ4n) is 2.12. The van der Waals surface area contributed by atoms with Crippen LogP contribution in [0.3, 0.4) is 0 Å². The number of benzene rings is 1. The van der Waals surface area contributed by atoms with E-state index in [2.05, 4.69) is 16.0 Å². The molecule has 2 rings (SSSR count). The summed E-state index contributed by atoms with van der Waals surface area (Å²) < 4.78 is 5.25. The first-order valence-corrected chi connectivity index (χ1v) is 8.17. The summed E-state index contributed by atoms with van der Waals surface area (Å²) in [5.74, 6) is 0.531. The number of methoxy groups -OCH3 is 1. The Morgan fingerprint density at radius 1 is 1.19 bits per heavy atom. The van der Waals surface area contributed by atoms with Gasteiger partial charge in [-0.25, -0.2) is 4.98 Å². The summed E-state index contributed by atoms with van der Waals surface area (Å²) >= 11 is 0. The van der Waals surface area contributed by atoms with Gasteiger partial charge in [0.2, 0.25) is 0 Å². The number of ether oxygens (including phenoxy) is 1. The molecule has 0 saturated heterocycles. The molecule has 26 heavy (non-hydrogen) atoms. The summed E-state index contributed by atoms with van der Waals surface area (Å²) in [5, 5.41) is 17.1. The van der Waals surface area contributed by atoms with Crippen LogP contribution in [-0.4, -0.2) is 53.6 Å². The Hall–Kier alpha value is -1.53. The maximum atomic E-state index is 8.56. The number of aromatic nitrogens is 2. The van der Waals surface area contributed by atoms with Crippen molar-refractivity contribution in [1.82, 2.24) is 9.97 Å². The quantitative estimate of drug-likeness (QED) is 0.570. The van der Waals surface area contributed by atoms with Crippen molar-refractivity contribution in [2.24, 2.45) is 0 Å². The molecule has 7 heteroatoms. The van der Waals surface area contributed by atoms with Crippen LogP contribution in [0, 0.1) is 13.0 Å². The largest absolute Gasteiger partial charge is 0.486 e. The summed E-state index contributed by atoms with van der Waals surface area (Å²) in [4.78, 5) is 10.7. The van der Waals surface area contributed by atoms with Crippen molar-refractivity contribution >= 4 is 5.69 Å². The van der Waals surface area contributed by atoms with Gasteiger partial charge in [-0.05, 0) is 47.0 Å². The maximum Gasteiger partial charge on any atom is 0.194 e. The first-order valence-electron chi connectivity index (χ1n) is 8.17. The first kappa shape index (κ1) is 24.5. The molecule has 0 fully saturated rings. The number of aliphatic hydroxyl groups is 2. The maximum absolute atomic E-state index is 8.56. The molecule has 2 unspecified atom stereocenters. The molecule has 0 bridgehead atoms. The molecule has 1 aromatic carbocycles. The molecular formula is C19H28IrN3O3-. The summed E-state index contributed by atoms with van der Waals surface area (Å²) in [5.41, 5.74) is 3.52. The van der Waals surface area contributed by atoms with E-state index in [1.165, 1.54) is 0 Å². The predicted octanol–water partition coefficient (Wildman–Crippen LogP) is 2.46. The third-order valence-electron chi connectivity index (χ3n) is 3.30. The molecule has 2 atom stereocenters. The predicted molar refractivity (Wildman–Crippen MR) is 99.9 cm³/mol. The monoisotopic (exact) mass is 539 g/mol. The van der Waals surface area contributed by atoms with E-state index in [1.54, 1.807) is 27.2 Å². The zero-order valence-corrected chi connectivity index (χ0v) is 18.5. The van der Waals surface area contributed by atoms with Gasteiger partial charge in [-0.2, -0.15) is 0 Å². The molecule has 2 N–H and O–H groups in total. The number of hydrogen-bond donors (Lipinski definition) is 2. The Balaban J connectivity index is 0.000000673. The van der Waals surface area contributed by atoms with Gasteiger partial charge in [-0.3, -0.25) is 4.98 Å². The second-order valence-electron chi connectivity index (χ2n) is 6.16.